The number of rotatable bonds is 7. The Bertz CT molecular complexity index is 873. The van der Waals surface area contributed by atoms with Gasteiger partial charge in [-0.05, 0) is 52.0 Å². The molecule has 11 heteroatoms. The third-order valence-electron chi connectivity index (χ3n) is 7.79. The number of nitrogens with one attached hydrogen (secondary N) is 3. The van der Waals surface area contributed by atoms with Gasteiger partial charge in [-0.15, -0.1) is 0 Å². The molecule has 2 saturated heterocycles. The number of nitrogens with zero attached hydrogens (tertiary/aromatic N) is 4. The van der Waals surface area contributed by atoms with E-state index < -0.39 is 17.6 Å². The Morgan fingerprint density at radius 2 is 1.84 bits per heavy atom. The molecule has 0 aromatic carbocycles. The SMILES string of the molecule is CCOC(=O)NC(=NCC(C(=O)NC1(C#N)CCN(C)CC1)C1CCCCC1)N1CCC(NC(C)=O)C1. The fraction of sp³-hybridized carbons (Fsp3) is 0.808. The number of likely N-dealkylation sites (tertiary alicyclic amines) is 2. The molecule has 0 aromatic heterocycles. The Labute approximate surface area is 220 Å². The third-order valence-corrected chi connectivity index (χ3v) is 7.79. The van der Waals surface area contributed by atoms with Crippen molar-refractivity contribution >= 4 is 23.9 Å². The molecule has 2 heterocycles. The standard InChI is InChI=1S/C26H43N7O4/c1-4-37-25(36)30-24(33-13-10-21(17-33)29-19(2)34)28-16-22(20-8-6-5-7-9-20)23(35)31-26(18-27)11-14-32(3)15-12-26/h20-22H,4-17H2,1-3H3,(H,29,34)(H,31,35)(H,28,30,36). The maximum atomic E-state index is 13.7. The molecule has 1 aliphatic carbocycles. The minimum absolute atomic E-state index is 0.0379. The van der Waals surface area contributed by atoms with Gasteiger partial charge in [0.05, 0.1) is 25.1 Å². The van der Waals surface area contributed by atoms with Crippen LogP contribution in [0.2, 0.25) is 0 Å². The predicted molar refractivity (Wildman–Crippen MR) is 140 cm³/mol. The van der Waals surface area contributed by atoms with Gasteiger partial charge in [0.15, 0.2) is 0 Å². The summed E-state index contributed by atoms with van der Waals surface area (Å²) >= 11 is 0. The van der Waals surface area contributed by atoms with Crippen LogP contribution < -0.4 is 16.0 Å². The van der Waals surface area contributed by atoms with Crippen molar-refractivity contribution in [2.45, 2.75) is 76.8 Å². The van der Waals surface area contributed by atoms with E-state index in [9.17, 15) is 19.6 Å². The highest BCUT2D eigenvalue weighted by molar-refractivity contribution is 5.94. The first-order chi connectivity index (χ1) is 17.7. The first kappa shape index (κ1) is 28.7. The second kappa shape index (κ2) is 13.6. The van der Waals surface area contributed by atoms with E-state index in [0.29, 0.717) is 31.9 Å². The molecule has 0 radical (unpaired) electrons. The second-order valence-corrected chi connectivity index (χ2v) is 10.6. The Kier molecular flexibility index (Phi) is 10.6. The number of hydrogen-bond donors (Lipinski definition) is 3. The summed E-state index contributed by atoms with van der Waals surface area (Å²) in [6.45, 7) is 6.30. The molecule has 3 aliphatic rings. The van der Waals surface area contributed by atoms with Crippen molar-refractivity contribution in [1.82, 2.24) is 25.8 Å². The van der Waals surface area contributed by atoms with Crippen LogP contribution in [0, 0.1) is 23.2 Å². The average molecular weight is 518 g/mol. The van der Waals surface area contributed by atoms with Crippen molar-refractivity contribution in [2.24, 2.45) is 16.8 Å². The molecule has 0 aromatic rings. The molecule has 2 aliphatic heterocycles. The quantitative estimate of drug-likeness (QED) is 0.344. The summed E-state index contributed by atoms with van der Waals surface area (Å²) in [5, 5.41) is 18.7. The minimum atomic E-state index is -0.854. The van der Waals surface area contributed by atoms with Crippen molar-refractivity contribution in [2.75, 3.05) is 46.4 Å². The number of piperidine rings is 1. The molecule has 3 amide bonds. The van der Waals surface area contributed by atoms with Crippen molar-refractivity contribution in [1.29, 1.82) is 5.26 Å². The zero-order chi connectivity index (χ0) is 26.8. The summed E-state index contributed by atoms with van der Waals surface area (Å²) in [6.07, 6.45) is 6.54. The molecule has 0 spiro atoms. The Morgan fingerprint density at radius 1 is 1.14 bits per heavy atom. The summed E-state index contributed by atoms with van der Waals surface area (Å²) in [4.78, 5) is 46.3. The van der Waals surface area contributed by atoms with E-state index >= 15 is 0 Å². The molecule has 0 bridgehead atoms. The van der Waals surface area contributed by atoms with Crippen molar-refractivity contribution in [3.05, 3.63) is 0 Å². The molecular formula is C26H43N7O4. The van der Waals surface area contributed by atoms with Crippen LogP contribution in [0.15, 0.2) is 4.99 Å². The number of hydrogen-bond acceptors (Lipinski definition) is 7. The van der Waals surface area contributed by atoms with E-state index in [4.69, 9.17) is 9.73 Å². The number of carbonyl (C=O) groups excluding carboxylic acids is 3. The number of amides is 3. The van der Waals surface area contributed by atoms with E-state index in [1.165, 1.54) is 6.92 Å². The normalized spacial score (nSPS) is 23.6. The van der Waals surface area contributed by atoms with E-state index in [1.54, 1.807) is 6.92 Å². The van der Waals surface area contributed by atoms with Crippen LogP contribution in [0.3, 0.4) is 0 Å². The molecule has 11 nitrogen and oxygen atoms in total. The molecule has 2 atom stereocenters. The maximum Gasteiger partial charge on any atom is 0.413 e. The van der Waals surface area contributed by atoms with Gasteiger partial charge >= 0.3 is 6.09 Å². The molecule has 1 saturated carbocycles. The number of ether oxygens (including phenoxy) is 1. The van der Waals surface area contributed by atoms with Gasteiger partial charge in [0, 0.05) is 39.1 Å². The lowest BCUT2D eigenvalue weighted by molar-refractivity contribution is -0.128. The van der Waals surface area contributed by atoms with Gasteiger partial charge in [0.1, 0.15) is 5.54 Å². The van der Waals surface area contributed by atoms with Crippen LogP contribution in [0.5, 0.6) is 0 Å². The monoisotopic (exact) mass is 517 g/mol. The van der Waals surface area contributed by atoms with E-state index in [2.05, 4.69) is 26.9 Å². The van der Waals surface area contributed by atoms with E-state index in [1.807, 2.05) is 11.9 Å². The van der Waals surface area contributed by atoms with Crippen molar-refractivity contribution < 1.29 is 19.1 Å². The van der Waals surface area contributed by atoms with Gasteiger partial charge in [-0.3, -0.25) is 19.9 Å². The number of alkyl carbamates (subject to hydrolysis) is 1. The summed E-state index contributed by atoms with van der Waals surface area (Å²) < 4.78 is 5.08. The summed E-state index contributed by atoms with van der Waals surface area (Å²) in [6, 6.07) is 2.35. The molecule has 37 heavy (non-hydrogen) atoms. The Hall–Kier alpha value is -2.87. The van der Waals surface area contributed by atoms with Crippen molar-refractivity contribution in [3.8, 4) is 6.07 Å². The van der Waals surface area contributed by atoms with Crippen LogP contribution in [-0.2, 0) is 14.3 Å². The fourth-order valence-corrected chi connectivity index (χ4v) is 5.60. The minimum Gasteiger partial charge on any atom is -0.450 e. The van der Waals surface area contributed by atoms with E-state index in [0.717, 1.165) is 51.6 Å². The Balaban J connectivity index is 1.79. The molecule has 3 N–H and O–H groups in total. The number of nitriles is 1. The highest BCUT2D eigenvalue weighted by Crippen LogP contribution is 2.32. The van der Waals surface area contributed by atoms with Crippen LogP contribution in [0.4, 0.5) is 4.79 Å². The van der Waals surface area contributed by atoms with Gasteiger partial charge in [-0.25, -0.2) is 4.79 Å². The number of aliphatic imine (C=N–C) groups is 1. The summed E-state index contributed by atoms with van der Waals surface area (Å²) in [7, 11) is 2.02. The van der Waals surface area contributed by atoms with E-state index in [-0.39, 0.29) is 36.9 Å². The summed E-state index contributed by atoms with van der Waals surface area (Å²) in [5.74, 6) is -0.0889. The zero-order valence-corrected chi connectivity index (χ0v) is 22.6. The van der Waals surface area contributed by atoms with Gasteiger partial charge in [-0.1, -0.05) is 19.3 Å². The molecule has 2 unspecified atom stereocenters. The smallest absolute Gasteiger partial charge is 0.413 e. The summed E-state index contributed by atoms with van der Waals surface area (Å²) in [5.41, 5.74) is -0.854. The number of carbonyl (C=O) groups is 3. The fourth-order valence-electron chi connectivity index (χ4n) is 5.60. The van der Waals surface area contributed by atoms with Gasteiger partial charge in [-0.2, -0.15) is 5.26 Å². The predicted octanol–water partition coefficient (Wildman–Crippen LogP) is 1.60. The van der Waals surface area contributed by atoms with Crippen LogP contribution >= 0.6 is 0 Å². The Morgan fingerprint density at radius 3 is 2.46 bits per heavy atom. The highest BCUT2D eigenvalue weighted by Gasteiger charge is 2.39. The molecule has 3 rings (SSSR count). The second-order valence-electron chi connectivity index (χ2n) is 10.6. The van der Waals surface area contributed by atoms with Crippen LogP contribution in [-0.4, -0.2) is 91.6 Å². The number of guanidine groups is 1. The molecule has 206 valence electrons. The van der Waals surface area contributed by atoms with Crippen LogP contribution in [0.1, 0.15) is 65.2 Å². The average Bonchev–Trinajstić information content (AvgIpc) is 3.33. The van der Waals surface area contributed by atoms with Gasteiger partial charge < -0.3 is 25.2 Å². The third kappa shape index (κ3) is 8.32. The lowest BCUT2D eigenvalue weighted by Crippen LogP contribution is -2.56. The van der Waals surface area contributed by atoms with Crippen molar-refractivity contribution in [3.63, 3.8) is 0 Å². The first-order valence-corrected chi connectivity index (χ1v) is 13.7. The topological polar surface area (TPSA) is 139 Å². The maximum absolute atomic E-state index is 13.7. The molecule has 3 fully saturated rings. The lowest BCUT2D eigenvalue weighted by atomic mass is 9.78. The lowest BCUT2D eigenvalue weighted by Gasteiger charge is -2.38. The van der Waals surface area contributed by atoms with Gasteiger partial charge in [0.2, 0.25) is 17.8 Å². The van der Waals surface area contributed by atoms with Gasteiger partial charge in [0.25, 0.3) is 0 Å². The highest BCUT2D eigenvalue weighted by atomic mass is 16.5. The first-order valence-electron chi connectivity index (χ1n) is 13.7. The largest absolute Gasteiger partial charge is 0.450 e. The zero-order valence-electron chi connectivity index (χ0n) is 22.6. The molecular weight excluding hydrogens is 474 g/mol. The van der Waals surface area contributed by atoms with Crippen LogP contribution in [0.25, 0.3) is 0 Å².